The Hall–Kier alpha value is -1.42. The number of hydrogen-bond donors (Lipinski definition) is 4. The number of esters is 1. The predicted molar refractivity (Wildman–Crippen MR) is 93.2 cm³/mol. The summed E-state index contributed by atoms with van der Waals surface area (Å²) in [5.74, 6) is -2.23. The largest absolute Gasteiger partial charge is 0.464 e. The average molecular weight is 429 g/mol. The number of carbonyl (C=O) groups excluding carboxylic acids is 2. The van der Waals surface area contributed by atoms with Gasteiger partial charge in [-0.25, -0.2) is 4.79 Å². The number of benzene rings is 1. The predicted octanol–water partition coefficient (Wildman–Crippen LogP) is 0.744. The van der Waals surface area contributed by atoms with Gasteiger partial charge in [-0.05, 0) is 5.56 Å². The van der Waals surface area contributed by atoms with Crippen molar-refractivity contribution in [3.8, 4) is 0 Å². The number of hydrogen-bond acceptors (Lipinski definition) is 8. The molecule has 0 radical (unpaired) electrons. The monoisotopic (exact) mass is 427 g/mol. The molecule has 0 bridgehead atoms. The maximum Gasteiger partial charge on any atom is 0.338 e. The Morgan fingerprint density at radius 1 is 1.15 bits per heavy atom. The van der Waals surface area contributed by atoms with Crippen molar-refractivity contribution in [3.05, 3.63) is 35.9 Å². The average Bonchev–Trinajstić information content (AvgIpc) is 2.62. The van der Waals surface area contributed by atoms with Gasteiger partial charge in [-0.2, -0.15) is 0 Å². The number of alkyl halides is 3. The van der Waals surface area contributed by atoms with Gasteiger partial charge in [0.2, 0.25) is 5.90 Å². The molecule has 1 aromatic carbocycles. The Balaban J connectivity index is 2.66. The molecular weight excluding hydrogens is 413 g/mol. The van der Waals surface area contributed by atoms with E-state index >= 15 is 0 Å². The second-order valence-corrected chi connectivity index (χ2v) is 7.35. The lowest BCUT2D eigenvalue weighted by molar-refractivity contribution is -0.170. The highest BCUT2D eigenvalue weighted by Gasteiger charge is 2.39. The van der Waals surface area contributed by atoms with Crippen molar-refractivity contribution < 1.29 is 34.4 Å². The summed E-state index contributed by atoms with van der Waals surface area (Å²) in [4.78, 5) is 22.8. The Morgan fingerprint density at radius 3 is 2.23 bits per heavy atom. The number of aliphatic hydroxyl groups excluding tert-OH is 3. The molecule has 0 amide bonds. The van der Waals surface area contributed by atoms with Gasteiger partial charge in [0.25, 0.3) is 3.79 Å². The van der Waals surface area contributed by atoms with Crippen LogP contribution in [0.5, 0.6) is 0 Å². The molecule has 4 N–H and O–H groups in total. The Morgan fingerprint density at radius 2 is 1.73 bits per heavy atom. The lowest BCUT2D eigenvalue weighted by Crippen LogP contribution is -2.50. The third-order valence-electron chi connectivity index (χ3n) is 3.12. The number of aliphatic hydroxyl groups is 3. The standard InChI is InChI=1S/C15H16Cl3NO7/c16-15(17,18)14(19)26-9(6-20)10(21)11(22)12(23)13(24)25-7-8-4-2-1-3-5-8/h1-6,9-12,19,21-23H,7H2/t9-,10+,11-,12-/m0/s1. The fourth-order valence-electron chi connectivity index (χ4n) is 1.72. The van der Waals surface area contributed by atoms with E-state index < -0.39 is 40.1 Å². The third kappa shape index (κ3) is 6.71. The molecule has 8 nitrogen and oxygen atoms in total. The molecule has 11 heteroatoms. The summed E-state index contributed by atoms with van der Waals surface area (Å²) in [6.45, 7) is -0.176. The normalized spacial score (nSPS) is 16.1. The van der Waals surface area contributed by atoms with Crippen LogP contribution in [0.15, 0.2) is 30.3 Å². The summed E-state index contributed by atoms with van der Waals surface area (Å²) in [7, 11) is 0. The van der Waals surface area contributed by atoms with Crippen LogP contribution in [0, 0.1) is 5.41 Å². The van der Waals surface area contributed by atoms with Crippen molar-refractivity contribution in [1.29, 1.82) is 5.41 Å². The van der Waals surface area contributed by atoms with Crippen LogP contribution in [0.1, 0.15) is 5.56 Å². The van der Waals surface area contributed by atoms with Crippen LogP contribution in [0.2, 0.25) is 0 Å². The number of ether oxygens (including phenoxy) is 2. The highest BCUT2D eigenvalue weighted by atomic mass is 35.6. The van der Waals surface area contributed by atoms with Crippen LogP contribution in [-0.2, 0) is 25.7 Å². The first-order valence-corrected chi connectivity index (χ1v) is 8.23. The molecular formula is C15H16Cl3NO7. The zero-order chi connectivity index (χ0) is 19.9. The van der Waals surface area contributed by atoms with E-state index in [1.165, 1.54) is 0 Å². The van der Waals surface area contributed by atoms with Gasteiger partial charge in [-0.15, -0.1) is 0 Å². The molecule has 144 valence electrons. The number of aldehydes is 1. The molecule has 0 aliphatic heterocycles. The molecule has 0 saturated carbocycles. The third-order valence-corrected chi connectivity index (χ3v) is 3.64. The molecule has 1 rings (SSSR count). The van der Waals surface area contributed by atoms with E-state index in [2.05, 4.69) is 4.74 Å². The van der Waals surface area contributed by atoms with E-state index in [0.717, 1.165) is 0 Å². The van der Waals surface area contributed by atoms with Crippen LogP contribution < -0.4 is 0 Å². The molecule has 26 heavy (non-hydrogen) atoms. The van der Waals surface area contributed by atoms with Crippen molar-refractivity contribution in [2.45, 2.75) is 34.8 Å². The lowest BCUT2D eigenvalue weighted by atomic mass is 10.0. The van der Waals surface area contributed by atoms with Gasteiger partial charge in [-0.3, -0.25) is 10.2 Å². The minimum Gasteiger partial charge on any atom is -0.464 e. The van der Waals surface area contributed by atoms with Gasteiger partial charge in [0, 0.05) is 0 Å². The molecule has 4 atom stereocenters. The molecule has 0 aromatic heterocycles. The Bertz CT molecular complexity index is 623. The van der Waals surface area contributed by atoms with Crippen molar-refractivity contribution in [2.24, 2.45) is 0 Å². The fraction of sp³-hybridized carbons (Fsp3) is 0.400. The molecule has 0 spiro atoms. The number of halogens is 3. The van der Waals surface area contributed by atoms with Crippen molar-refractivity contribution >= 4 is 53.0 Å². The van der Waals surface area contributed by atoms with Gasteiger partial charge in [0.15, 0.2) is 18.5 Å². The van der Waals surface area contributed by atoms with Crippen molar-refractivity contribution in [3.63, 3.8) is 0 Å². The maximum absolute atomic E-state index is 11.8. The van der Waals surface area contributed by atoms with E-state index in [0.29, 0.717) is 5.56 Å². The van der Waals surface area contributed by atoms with Crippen molar-refractivity contribution in [2.75, 3.05) is 0 Å². The first kappa shape index (κ1) is 22.6. The second kappa shape index (κ2) is 10.1. The number of nitrogens with one attached hydrogen (secondary N) is 1. The minimum absolute atomic E-state index is 0.0147. The molecule has 0 fully saturated rings. The zero-order valence-electron chi connectivity index (χ0n) is 13.1. The van der Waals surface area contributed by atoms with E-state index in [4.69, 9.17) is 44.9 Å². The van der Waals surface area contributed by atoms with Gasteiger partial charge in [0.1, 0.15) is 18.8 Å². The summed E-state index contributed by atoms with van der Waals surface area (Å²) in [6.07, 6.45) is -8.29. The van der Waals surface area contributed by atoms with E-state index in [9.17, 15) is 24.9 Å². The van der Waals surface area contributed by atoms with Crippen molar-refractivity contribution in [1.82, 2.24) is 0 Å². The highest BCUT2D eigenvalue weighted by molar-refractivity contribution is 6.76. The van der Waals surface area contributed by atoms with Gasteiger partial charge in [-0.1, -0.05) is 65.1 Å². The lowest BCUT2D eigenvalue weighted by Gasteiger charge is -2.27. The molecule has 0 unspecified atom stereocenters. The Labute approximate surface area is 163 Å². The molecule has 1 aromatic rings. The van der Waals surface area contributed by atoms with Crippen LogP contribution in [0.4, 0.5) is 0 Å². The fourth-order valence-corrected chi connectivity index (χ4v) is 1.85. The van der Waals surface area contributed by atoms with Crippen LogP contribution in [-0.4, -0.2) is 61.7 Å². The van der Waals surface area contributed by atoms with Gasteiger partial charge in [0.05, 0.1) is 0 Å². The van der Waals surface area contributed by atoms with Crippen LogP contribution >= 0.6 is 34.8 Å². The highest BCUT2D eigenvalue weighted by Crippen LogP contribution is 2.28. The summed E-state index contributed by atoms with van der Waals surface area (Å²) < 4.78 is 7.16. The number of rotatable bonds is 8. The molecule has 0 aliphatic rings. The molecule has 0 aliphatic carbocycles. The van der Waals surface area contributed by atoms with Gasteiger partial charge >= 0.3 is 5.97 Å². The molecule has 0 heterocycles. The van der Waals surface area contributed by atoms with E-state index in [1.807, 2.05) is 0 Å². The van der Waals surface area contributed by atoms with E-state index in [1.54, 1.807) is 30.3 Å². The minimum atomic E-state index is -2.31. The Kier molecular flexibility index (Phi) is 8.75. The summed E-state index contributed by atoms with van der Waals surface area (Å²) >= 11 is 16.1. The van der Waals surface area contributed by atoms with E-state index in [-0.39, 0.29) is 12.9 Å². The summed E-state index contributed by atoms with van der Waals surface area (Å²) in [6, 6.07) is 8.52. The summed E-state index contributed by atoms with van der Waals surface area (Å²) in [5.41, 5.74) is 0.633. The molecule has 0 saturated heterocycles. The van der Waals surface area contributed by atoms with Gasteiger partial charge < -0.3 is 24.8 Å². The zero-order valence-corrected chi connectivity index (χ0v) is 15.4. The number of carbonyl (C=O) groups is 2. The quantitative estimate of drug-likeness (QED) is 0.158. The second-order valence-electron chi connectivity index (χ2n) is 5.06. The van der Waals surface area contributed by atoms with Crippen LogP contribution in [0.25, 0.3) is 0 Å². The maximum atomic E-state index is 11.8. The summed E-state index contributed by atoms with van der Waals surface area (Å²) in [5, 5.41) is 36.9. The topological polar surface area (TPSA) is 137 Å². The van der Waals surface area contributed by atoms with Crippen LogP contribution in [0.3, 0.4) is 0 Å². The SMILES string of the molecule is N=C(O[C@@H](C=O)[C@@H](O)[C@H](O)[C@H](O)C(=O)OCc1ccccc1)C(Cl)(Cl)Cl. The first-order chi connectivity index (χ1) is 12.1. The smallest absolute Gasteiger partial charge is 0.338 e. The first-order valence-electron chi connectivity index (χ1n) is 7.10.